The summed E-state index contributed by atoms with van der Waals surface area (Å²) in [6.45, 7) is 5.94. The summed E-state index contributed by atoms with van der Waals surface area (Å²) in [4.78, 5) is 8.74. The molecule has 1 unspecified atom stereocenters. The van der Waals surface area contributed by atoms with Crippen LogP contribution in [0.1, 0.15) is 36.8 Å². The summed E-state index contributed by atoms with van der Waals surface area (Å²) in [6.07, 6.45) is 2.52. The number of pyridine rings is 2. The lowest BCUT2D eigenvalue weighted by Crippen LogP contribution is -2.08. The second-order valence-corrected chi connectivity index (χ2v) is 4.54. The highest BCUT2D eigenvalue weighted by Crippen LogP contribution is 2.28. The van der Waals surface area contributed by atoms with Crippen LogP contribution in [0.3, 0.4) is 0 Å². The first-order valence-electron chi connectivity index (χ1n) is 6.46. The zero-order valence-electron chi connectivity index (χ0n) is 11.6. The molecule has 0 bridgehead atoms. The van der Waals surface area contributed by atoms with Crippen molar-refractivity contribution in [3.05, 3.63) is 47.4 Å². The Morgan fingerprint density at radius 2 is 2.11 bits per heavy atom. The Morgan fingerprint density at radius 1 is 1.32 bits per heavy atom. The Morgan fingerprint density at radius 3 is 2.79 bits per heavy atom. The normalized spacial score (nSPS) is 12.2. The standard InChI is InChI=1S/C15H19N3O/c1-4-13-14(8-7-10(2)18-13)19-15-12(11(3)16)6-5-9-17-15/h5-9,11H,4,16H2,1-3H3. The molecule has 0 aliphatic heterocycles. The van der Waals surface area contributed by atoms with Gasteiger partial charge in [0.15, 0.2) is 5.75 Å². The molecule has 0 amide bonds. The lowest BCUT2D eigenvalue weighted by molar-refractivity contribution is 0.444. The highest BCUT2D eigenvalue weighted by molar-refractivity contribution is 5.36. The first-order valence-corrected chi connectivity index (χ1v) is 6.46. The monoisotopic (exact) mass is 257 g/mol. The van der Waals surface area contributed by atoms with Gasteiger partial charge in [-0.2, -0.15) is 0 Å². The fraction of sp³-hybridized carbons (Fsp3) is 0.333. The SMILES string of the molecule is CCc1nc(C)ccc1Oc1ncccc1C(C)N. The van der Waals surface area contributed by atoms with E-state index in [4.69, 9.17) is 10.5 Å². The summed E-state index contributed by atoms with van der Waals surface area (Å²) in [5, 5.41) is 0. The van der Waals surface area contributed by atoms with Crippen LogP contribution in [0.25, 0.3) is 0 Å². The number of nitrogens with zero attached hydrogens (tertiary/aromatic N) is 2. The molecule has 0 saturated heterocycles. The molecule has 0 saturated carbocycles. The first-order chi connectivity index (χ1) is 9.11. The van der Waals surface area contributed by atoms with Crippen molar-refractivity contribution in [2.45, 2.75) is 33.2 Å². The van der Waals surface area contributed by atoms with E-state index in [1.54, 1.807) is 6.20 Å². The minimum absolute atomic E-state index is 0.118. The van der Waals surface area contributed by atoms with Crippen molar-refractivity contribution in [3.63, 3.8) is 0 Å². The van der Waals surface area contributed by atoms with Gasteiger partial charge in [0.05, 0.1) is 5.69 Å². The van der Waals surface area contributed by atoms with Crippen molar-refractivity contribution in [1.29, 1.82) is 0 Å². The van der Waals surface area contributed by atoms with Crippen molar-refractivity contribution in [2.24, 2.45) is 5.73 Å². The van der Waals surface area contributed by atoms with Gasteiger partial charge >= 0.3 is 0 Å². The summed E-state index contributed by atoms with van der Waals surface area (Å²) in [6, 6.07) is 7.54. The number of rotatable bonds is 4. The summed E-state index contributed by atoms with van der Waals surface area (Å²) < 4.78 is 5.89. The molecule has 0 radical (unpaired) electrons. The van der Waals surface area contributed by atoms with Crippen LogP contribution in [-0.2, 0) is 6.42 Å². The Balaban J connectivity index is 2.36. The number of hydrogen-bond donors (Lipinski definition) is 1. The molecule has 0 aliphatic carbocycles. The minimum atomic E-state index is -0.118. The van der Waals surface area contributed by atoms with Gasteiger partial charge in [0.1, 0.15) is 0 Å². The van der Waals surface area contributed by atoms with Gasteiger partial charge in [0.25, 0.3) is 0 Å². The third kappa shape index (κ3) is 3.09. The van der Waals surface area contributed by atoms with E-state index in [1.807, 2.05) is 38.1 Å². The van der Waals surface area contributed by atoms with Crippen LogP contribution in [-0.4, -0.2) is 9.97 Å². The highest BCUT2D eigenvalue weighted by Gasteiger charge is 2.12. The molecule has 4 nitrogen and oxygen atoms in total. The summed E-state index contributed by atoms with van der Waals surface area (Å²) in [7, 11) is 0. The minimum Gasteiger partial charge on any atom is -0.437 e. The predicted octanol–water partition coefficient (Wildman–Crippen LogP) is 3.16. The van der Waals surface area contributed by atoms with E-state index >= 15 is 0 Å². The van der Waals surface area contributed by atoms with E-state index in [0.717, 1.165) is 29.1 Å². The Labute approximate surface area is 113 Å². The molecule has 1 atom stereocenters. The third-order valence-electron chi connectivity index (χ3n) is 2.90. The molecule has 0 aromatic carbocycles. The fourth-order valence-electron chi connectivity index (χ4n) is 1.88. The molecule has 0 fully saturated rings. The van der Waals surface area contributed by atoms with Crippen molar-refractivity contribution in [3.8, 4) is 11.6 Å². The Hall–Kier alpha value is -1.94. The lowest BCUT2D eigenvalue weighted by Gasteiger charge is -2.14. The second-order valence-electron chi connectivity index (χ2n) is 4.54. The first kappa shape index (κ1) is 13.5. The molecular formula is C15H19N3O. The van der Waals surface area contributed by atoms with E-state index in [0.29, 0.717) is 5.88 Å². The highest BCUT2D eigenvalue weighted by atomic mass is 16.5. The van der Waals surface area contributed by atoms with Crippen molar-refractivity contribution >= 4 is 0 Å². The van der Waals surface area contributed by atoms with Gasteiger partial charge in [0, 0.05) is 23.5 Å². The van der Waals surface area contributed by atoms with Gasteiger partial charge in [-0.05, 0) is 38.5 Å². The van der Waals surface area contributed by atoms with Crippen LogP contribution in [0, 0.1) is 6.92 Å². The van der Waals surface area contributed by atoms with Gasteiger partial charge in [-0.3, -0.25) is 4.98 Å². The van der Waals surface area contributed by atoms with Crippen LogP contribution in [0.5, 0.6) is 11.6 Å². The van der Waals surface area contributed by atoms with Gasteiger partial charge in [-0.25, -0.2) is 4.98 Å². The number of nitrogens with two attached hydrogens (primary N) is 1. The molecule has 19 heavy (non-hydrogen) atoms. The second kappa shape index (κ2) is 5.80. The molecule has 2 N–H and O–H groups in total. The number of aryl methyl sites for hydroxylation is 2. The molecule has 2 rings (SSSR count). The van der Waals surface area contributed by atoms with E-state index < -0.39 is 0 Å². The van der Waals surface area contributed by atoms with E-state index in [1.165, 1.54) is 0 Å². The van der Waals surface area contributed by atoms with Crippen LogP contribution < -0.4 is 10.5 Å². The van der Waals surface area contributed by atoms with E-state index in [-0.39, 0.29) is 6.04 Å². The third-order valence-corrected chi connectivity index (χ3v) is 2.90. The van der Waals surface area contributed by atoms with Gasteiger partial charge in [0.2, 0.25) is 5.88 Å². The van der Waals surface area contributed by atoms with Gasteiger partial charge in [-0.15, -0.1) is 0 Å². The van der Waals surface area contributed by atoms with Crippen LogP contribution in [0.2, 0.25) is 0 Å². The van der Waals surface area contributed by atoms with E-state index in [9.17, 15) is 0 Å². The zero-order chi connectivity index (χ0) is 13.8. The molecule has 2 aromatic heterocycles. The summed E-state index contributed by atoms with van der Waals surface area (Å²) in [5.74, 6) is 1.30. The predicted molar refractivity (Wildman–Crippen MR) is 75.3 cm³/mol. The van der Waals surface area contributed by atoms with Crippen LogP contribution in [0.4, 0.5) is 0 Å². The molecule has 2 aromatic rings. The molecule has 4 heteroatoms. The molecule has 2 heterocycles. The zero-order valence-corrected chi connectivity index (χ0v) is 11.6. The average Bonchev–Trinajstić information content (AvgIpc) is 2.41. The number of aromatic nitrogens is 2. The Kier molecular flexibility index (Phi) is 4.12. The maximum absolute atomic E-state index is 5.93. The smallest absolute Gasteiger partial charge is 0.224 e. The van der Waals surface area contributed by atoms with E-state index in [2.05, 4.69) is 16.9 Å². The fourth-order valence-corrected chi connectivity index (χ4v) is 1.88. The largest absolute Gasteiger partial charge is 0.437 e. The maximum atomic E-state index is 5.93. The van der Waals surface area contributed by atoms with Crippen molar-refractivity contribution in [2.75, 3.05) is 0 Å². The quantitative estimate of drug-likeness (QED) is 0.914. The lowest BCUT2D eigenvalue weighted by atomic mass is 10.1. The summed E-state index contributed by atoms with van der Waals surface area (Å²) >= 11 is 0. The maximum Gasteiger partial charge on any atom is 0.224 e. The Bertz CT molecular complexity index is 567. The number of ether oxygens (including phenoxy) is 1. The van der Waals surface area contributed by atoms with Gasteiger partial charge < -0.3 is 10.5 Å². The topological polar surface area (TPSA) is 61.0 Å². The van der Waals surface area contributed by atoms with Crippen molar-refractivity contribution < 1.29 is 4.74 Å². The molecular weight excluding hydrogens is 238 g/mol. The van der Waals surface area contributed by atoms with Crippen LogP contribution in [0.15, 0.2) is 30.5 Å². The summed E-state index contributed by atoms with van der Waals surface area (Å²) in [5.41, 5.74) is 8.74. The van der Waals surface area contributed by atoms with Gasteiger partial charge in [-0.1, -0.05) is 13.0 Å². The molecule has 0 aliphatic rings. The van der Waals surface area contributed by atoms with Crippen molar-refractivity contribution in [1.82, 2.24) is 9.97 Å². The average molecular weight is 257 g/mol. The van der Waals surface area contributed by atoms with Crippen LogP contribution >= 0.6 is 0 Å². The number of hydrogen-bond acceptors (Lipinski definition) is 4. The molecule has 0 spiro atoms. The molecule has 100 valence electrons.